The van der Waals surface area contributed by atoms with Crippen LogP contribution in [0.4, 0.5) is 0 Å². The first-order chi connectivity index (χ1) is 14.1. The van der Waals surface area contributed by atoms with Crippen LogP contribution in [0, 0.1) is 5.41 Å². The van der Waals surface area contributed by atoms with Gasteiger partial charge in [0, 0.05) is 38.8 Å². The summed E-state index contributed by atoms with van der Waals surface area (Å²) in [6, 6.07) is 13.4. The fourth-order valence-corrected chi connectivity index (χ4v) is 4.52. The van der Waals surface area contributed by atoms with Crippen LogP contribution in [0.15, 0.2) is 48.7 Å². The maximum absolute atomic E-state index is 12.7. The van der Waals surface area contributed by atoms with Crippen molar-refractivity contribution in [1.82, 2.24) is 14.8 Å². The Morgan fingerprint density at radius 3 is 2.55 bits per heavy atom. The van der Waals surface area contributed by atoms with Gasteiger partial charge in [-0.1, -0.05) is 30.3 Å². The third-order valence-electron chi connectivity index (χ3n) is 6.36. The van der Waals surface area contributed by atoms with Crippen molar-refractivity contribution in [2.75, 3.05) is 26.2 Å². The fourth-order valence-electron chi connectivity index (χ4n) is 4.52. The number of rotatable bonds is 4. The number of hydrogen-bond donors (Lipinski definition) is 1. The predicted octanol–water partition coefficient (Wildman–Crippen LogP) is 2.87. The summed E-state index contributed by atoms with van der Waals surface area (Å²) < 4.78 is 0. The molecule has 29 heavy (non-hydrogen) atoms. The van der Waals surface area contributed by atoms with E-state index in [-0.39, 0.29) is 28.7 Å². The summed E-state index contributed by atoms with van der Waals surface area (Å²) in [6.45, 7) is 2.79. The highest BCUT2D eigenvalue weighted by Crippen LogP contribution is 2.40. The van der Waals surface area contributed by atoms with Crippen LogP contribution >= 0.6 is 0 Å². The zero-order valence-electron chi connectivity index (χ0n) is 16.6. The van der Waals surface area contributed by atoms with E-state index in [1.54, 1.807) is 11.0 Å². The lowest BCUT2D eigenvalue weighted by atomic mass is 9.72. The molecule has 4 rings (SSSR count). The number of hydrogen-bond acceptors (Lipinski definition) is 4. The van der Waals surface area contributed by atoms with Crippen molar-refractivity contribution in [2.24, 2.45) is 5.41 Å². The fraction of sp³-hybridized carbons (Fsp3) is 0.435. The molecule has 0 aliphatic carbocycles. The molecule has 152 valence electrons. The molecule has 0 bridgehead atoms. The van der Waals surface area contributed by atoms with Crippen molar-refractivity contribution >= 4 is 11.8 Å². The van der Waals surface area contributed by atoms with Gasteiger partial charge < -0.3 is 14.9 Å². The van der Waals surface area contributed by atoms with E-state index in [0.717, 1.165) is 38.8 Å². The van der Waals surface area contributed by atoms with Crippen molar-refractivity contribution in [1.29, 1.82) is 0 Å². The summed E-state index contributed by atoms with van der Waals surface area (Å²) in [7, 11) is 0. The van der Waals surface area contributed by atoms with Gasteiger partial charge in [0.2, 0.25) is 5.91 Å². The van der Waals surface area contributed by atoms with E-state index in [1.807, 2.05) is 23.1 Å². The topological polar surface area (TPSA) is 73.7 Å². The van der Waals surface area contributed by atoms with E-state index >= 15 is 0 Å². The Bertz CT molecular complexity index is 876. The van der Waals surface area contributed by atoms with Gasteiger partial charge in [-0.2, -0.15) is 0 Å². The monoisotopic (exact) mass is 393 g/mol. The van der Waals surface area contributed by atoms with Gasteiger partial charge in [0.15, 0.2) is 5.69 Å². The molecule has 3 heterocycles. The Kier molecular flexibility index (Phi) is 5.51. The van der Waals surface area contributed by atoms with Gasteiger partial charge in [0.05, 0.1) is 0 Å². The highest BCUT2D eigenvalue weighted by molar-refractivity contribution is 5.94. The molecule has 0 atom stereocenters. The molecular formula is C23H27N3O3. The molecule has 2 fully saturated rings. The van der Waals surface area contributed by atoms with Crippen LogP contribution < -0.4 is 0 Å². The maximum Gasteiger partial charge on any atom is 0.276 e. The van der Waals surface area contributed by atoms with E-state index in [0.29, 0.717) is 19.5 Å². The smallest absolute Gasteiger partial charge is 0.276 e. The Morgan fingerprint density at radius 2 is 1.83 bits per heavy atom. The number of nitrogens with zero attached hydrogens (tertiary/aromatic N) is 3. The third-order valence-corrected chi connectivity index (χ3v) is 6.36. The van der Waals surface area contributed by atoms with E-state index < -0.39 is 0 Å². The minimum absolute atomic E-state index is 0.0758. The molecule has 2 amide bonds. The molecule has 2 saturated heterocycles. The van der Waals surface area contributed by atoms with E-state index in [1.165, 1.54) is 17.8 Å². The number of carbonyl (C=O) groups is 2. The largest absolute Gasteiger partial charge is 0.505 e. The normalized spacial score (nSPS) is 18.8. The molecule has 2 aromatic rings. The lowest BCUT2D eigenvalue weighted by Gasteiger charge is -2.47. The van der Waals surface area contributed by atoms with Crippen LogP contribution in [0.5, 0.6) is 5.75 Å². The van der Waals surface area contributed by atoms with E-state index in [2.05, 4.69) is 17.1 Å². The van der Waals surface area contributed by atoms with Gasteiger partial charge in [-0.25, -0.2) is 4.98 Å². The number of benzene rings is 1. The lowest BCUT2D eigenvalue weighted by molar-refractivity contribution is -0.138. The van der Waals surface area contributed by atoms with Crippen LogP contribution in [-0.4, -0.2) is 57.9 Å². The molecular weight excluding hydrogens is 366 g/mol. The first-order valence-corrected chi connectivity index (χ1v) is 10.3. The average Bonchev–Trinajstić information content (AvgIpc) is 2.76. The summed E-state index contributed by atoms with van der Waals surface area (Å²) in [5, 5.41) is 9.92. The number of aromatic nitrogens is 1. The van der Waals surface area contributed by atoms with E-state index in [9.17, 15) is 14.7 Å². The summed E-state index contributed by atoms with van der Waals surface area (Å²) >= 11 is 0. The zero-order valence-corrected chi connectivity index (χ0v) is 16.6. The molecule has 0 saturated carbocycles. The Labute approximate surface area is 171 Å². The van der Waals surface area contributed by atoms with Crippen LogP contribution in [0.3, 0.4) is 0 Å². The molecule has 2 aliphatic heterocycles. The van der Waals surface area contributed by atoms with Crippen LogP contribution in [-0.2, 0) is 11.2 Å². The molecule has 1 spiro atoms. The number of amides is 2. The average molecular weight is 393 g/mol. The van der Waals surface area contributed by atoms with Crippen molar-refractivity contribution in [3.63, 3.8) is 0 Å². The van der Waals surface area contributed by atoms with Gasteiger partial charge in [0.1, 0.15) is 5.75 Å². The van der Waals surface area contributed by atoms with Crippen molar-refractivity contribution in [3.05, 3.63) is 59.9 Å². The lowest BCUT2D eigenvalue weighted by Crippen LogP contribution is -2.52. The molecule has 1 aromatic heterocycles. The number of pyridine rings is 1. The highest BCUT2D eigenvalue weighted by Gasteiger charge is 2.41. The summed E-state index contributed by atoms with van der Waals surface area (Å²) in [6.07, 6.45) is 5.62. The quantitative estimate of drug-likeness (QED) is 0.867. The Hall–Kier alpha value is -2.89. The molecule has 0 radical (unpaired) electrons. The number of carbonyl (C=O) groups excluding carboxylic acids is 2. The first-order valence-electron chi connectivity index (χ1n) is 10.3. The van der Waals surface area contributed by atoms with Crippen molar-refractivity contribution < 1.29 is 14.7 Å². The van der Waals surface area contributed by atoms with Gasteiger partial charge in [-0.3, -0.25) is 9.59 Å². The van der Waals surface area contributed by atoms with Gasteiger partial charge in [0.25, 0.3) is 5.91 Å². The highest BCUT2D eigenvalue weighted by atomic mass is 16.3. The second kappa shape index (κ2) is 8.23. The van der Waals surface area contributed by atoms with Crippen LogP contribution in [0.25, 0.3) is 0 Å². The van der Waals surface area contributed by atoms with E-state index in [4.69, 9.17) is 0 Å². The maximum atomic E-state index is 12.7. The summed E-state index contributed by atoms with van der Waals surface area (Å²) in [5.74, 6) is -0.0534. The minimum atomic E-state index is -0.217. The third kappa shape index (κ3) is 4.26. The Morgan fingerprint density at radius 1 is 1.07 bits per heavy atom. The number of aromatic hydroxyl groups is 1. The van der Waals surface area contributed by atoms with Gasteiger partial charge >= 0.3 is 0 Å². The second-order valence-corrected chi connectivity index (χ2v) is 8.21. The standard InChI is InChI=1S/C23H27N3O3/c27-19-7-4-13-24-21(19)22(29)25-15-11-23(12-16-25)10-8-20(28)26(17-23)14-9-18-5-2-1-3-6-18/h1-7,13,27H,8-12,14-17H2. The van der Waals surface area contributed by atoms with Gasteiger partial charge in [-0.05, 0) is 48.8 Å². The molecule has 1 N–H and O–H groups in total. The molecule has 0 unspecified atom stereocenters. The summed E-state index contributed by atoms with van der Waals surface area (Å²) in [4.78, 5) is 33.0. The predicted molar refractivity (Wildman–Crippen MR) is 109 cm³/mol. The summed E-state index contributed by atoms with van der Waals surface area (Å²) in [5.41, 5.74) is 1.45. The Balaban J connectivity index is 1.36. The first kappa shape index (κ1) is 19.4. The second-order valence-electron chi connectivity index (χ2n) is 8.21. The molecule has 6 heteroatoms. The SMILES string of the molecule is O=C1CCC2(CCN(C(=O)c3ncccc3O)CC2)CN1CCc1ccccc1. The molecule has 2 aliphatic rings. The number of piperidine rings is 2. The number of likely N-dealkylation sites (tertiary alicyclic amines) is 2. The van der Waals surface area contributed by atoms with Crippen molar-refractivity contribution in [2.45, 2.75) is 32.1 Å². The van der Waals surface area contributed by atoms with Gasteiger partial charge in [-0.15, -0.1) is 0 Å². The minimum Gasteiger partial charge on any atom is -0.505 e. The van der Waals surface area contributed by atoms with Crippen molar-refractivity contribution in [3.8, 4) is 5.75 Å². The van der Waals surface area contributed by atoms with Crippen LogP contribution in [0.1, 0.15) is 41.7 Å². The van der Waals surface area contributed by atoms with Crippen LogP contribution in [0.2, 0.25) is 0 Å². The zero-order chi connectivity index (χ0) is 20.3. The molecule has 1 aromatic carbocycles. The molecule has 6 nitrogen and oxygen atoms in total.